The van der Waals surface area contributed by atoms with E-state index < -0.39 is 4.92 Å². The topological polar surface area (TPSA) is 85.2 Å². The van der Waals surface area contributed by atoms with Crippen molar-refractivity contribution in [1.82, 2.24) is 4.98 Å². The van der Waals surface area contributed by atoms with Crippen LogP contribution in [-0.4, -0.2) is 22.3 Å². The first-order valence-corrected chi connectivity index (χ1v) is 7.04. The summed E-state index contributed by atoms with van der Waals surface area (Å²) in [6.07, 6.45) is 0. The van der Waals surface area contributed by atoms with Crippen molar-refractivity contribution in [2.45, 2.75) is 6.92 Å². The molecule has 1 N–H and O–H groups in total. The molecule has 0 saturated heterocycles. The smallest absolute Gasteiger partial charge is 0.269 e. The number of ketones is 1. The molecule has 2 aromatic carbocycles. The van der Waals surface area contributed by atoms with E-state index in [1.807, 2.05) is 31.2 Å². The Hall–Kier alpha value is -3.15. The molecule has 0 aliphatic rings. The standard InChI is InChI=1S/C17H14N2O4/c1-11-17(14-4-2-3-5-15(14)18-11)16(20)10-23-13-8-6-12(7-9-13)19(21)22/h2-9,18H,10H2,1H3. The van der Waals surface area contributed by atoms with Crippen LogP contribution in [-0.2, 0) is 0 Å². The second-order valence-corrected chi connectivity index (χ2v) is 5.13. The molecule has 3 aromatic rings. The molecule has 1 heterocycles. The van der Waals surface area contributed by atoms with Crippen molar-refractivity contribution in [1.29, 1.82) is 0 Å². The number of Topliss-reactive ketones (excluding diaryl/α,β-unsaturated/α-hetero) is 1. The molecule has 0 unspecified atom stereocenters. The van der Waals surface area contributed by atoms with Crippen LogP contribution < -0.4 is 4.74 Å². The van der Waals surface area contributed by atoms with E-state index in [0.717, 1.165) is 16.6 Å². The highest BCUT2D eigenvalue weighted by atomic mass is 16.6. The predicted octanol–water partition coefficient (Wildman–Crippen LogP) is 3.65. The summed E-state index contributed by atoms with van der Waals surface area (Å²) >= 11 is 0. The number of para-hydroxylation sites is 1. The van der Waals surface area contributed by atoms with Gasteiger partial charge in [-0.05, 0) is 25.1 Å². The van der Waals surface area contributed by atoms with E-state index >= 15 is 0 Å². The number of non-ortho nitro benzene ring substituents is 1. The molecule has 0 amide bonds. The summed E-state index contributed by atoms with van der Waals surface area (Å²) in [5.41, 5.74) is 2.30. The molecule has 0 bridgehead atoms. The summed E-state index contributed by atoms with van der Waals surface area (Å²) in [4.78, 5) is 25.7. The lowest BCUT2D eigenvalue weighted by molar-refractivity contribution is -0.384. The second-order valence-electron chi connectivity index (χ2n) is 5.13. The van der Waals surface area contributed by atoms with Crippen molar-refractivity contribution in [2.75, 3.05) is 6.61 Å². The largest absolute Gasteiger partial charge is 0.485 e. The van der Waals surface area contributed by atoms with Gasteiger partial charge < -0.3 is 9.72 Å². The summed E-state index contributed by atoms with van der Waals surface area (Å²) < 4.78 is 5.44. The maximum Gasteiger partial charge on any atom is 0.269 e. The molecule has 6 nitrogen and oxygen atoms in total. The Labute approximate surface area is 131 Å². The molecular formula is C17H14N2O4. The Morgan fingerprint density at radius 2 is 1.87 bits per heavy atom. The van der Waals surface area contributed by atoms with Gasteiger partial charge in [-0.15, -0.1) is 0 Å². The molecule has 0 spiro atoms. The van der Waals surface area contributed by atoms with Crippen LogP contribution in [0.15, 0.2) is 48.5 Å². The number of nitrogens with zero attached hydrogens (tertiary/aromatic N) is 1. The number of ether oxygens (including phenoxy) is 1. The number of aromatic amines is 1. The number of aromatic nitrogens is 1. The van der Waals surface area contributed by atoms with Gasteiger partial charge in [-0.1, -0.05) is 18.2 Å². The summed E-state index contributed by atoms with van der Waals surface area (Å²) in [5.74, 6) is 0.278. The monoisotopic (exact) mass is 310 g/mol. The van der Waals surface area contributed by atoms with Gasteiger partial charge in [-0.2, -0.15) is 0 Å². The first kappa shape index (κ1) is 14.8. The van der Waals surface area contributed by atoms with E-state index in [1.165, 1.54) is 24.3 Å². The van der Waals surface area contributed by atoms with E-state index in [0.29, 0.717) is 11.3 Å². The zero-order chi connectivity index (χ0) is 16.4. The maximum atomic E-state index is 12.4. The van der Waals surface area contributed by atoms with Crippen molar-refractivity contribution >= 4 is 22.4 Å². The summed E-state index contributed by atoms with van der Waals surface area (Å²) in [5, 5.41) is 11.5. The Bertz CT molecular complexity index is 881. The van der Waals surface area contributed by atoms with Gasteiger partial charge in [0.05, 0.1) is 4.92 Å². The average Bonchev–Trinajstić information content (AvgIpc) is 2.88. The number of nitro groups is 1. The minimum atomic E-state index is -0.482. The first-order chi connectivity index (χ1) is 11.1. The third-order valence-electron chi connectivity index (χ3n) is 3.59. The lowest BCUT2D eigenvalue weighted by Gasteiger charge is -2.05. The molecule has 23 heavy (non-hydrogen) atoms. The van der Waals surface area contributed by atoms with E-state index in [-0.39, 0.29) is 18.1 Å². The number of carbonyl (C=O) groups excluding carboxylic acids is 1. The van der Waals surface area contributed by atoms with Gasteiger partial charge in [-0.3, -0.25) is 14.9 Å². The van der Waals surface area contributed by atoms with Crippen molar-refractivity contribution < 1.29 is 14.5 Å². The summed E-state index contributed by atoms with van der Waals surface area (Å²) in [7, 11) is 0. The Morgan fingerprint density at radius 1 is 1.17 bits per heavy atom. The van der Waals surface area contributed by atoms with Crippen LogP contribution >= 0.6 is 0 Å². The molecule has 0 fully saturated rings. The number of hydrogen-bond acceptors (Lipinski definition) is 4. The Kier molecular flexibility index (Phi) is 3.80. The van der Waals surface area contributed by atoms with Crippen LogP contribution in [0, 0.1) is 17.0 Å². The lowest BCUT2D eigenvalue weighted by atomic mass is 10.1. The number of benzene rings is 2. The van der Waals surface area contributed by atoms with E-state index in [4.69, 9.17) is 4.74 Å². The number of fused-ring (bicyclic) bond motifs is 1. The van der Waals surface area contributed by atoms with Gasteiger partial charge in [0.25, 0.3) is 5.69 Å². The molecule has 0 atom stereocenters. The van der Waals surface area contributed by atoms with Crippen LogP contribution in [0.4, 0.5) is 5.69 Å². The fourth-order valence-corrected chi connectivity index (χ4v) is 2.52. The van der Waals surface area contributed by atoms with Crippen molar-refractivity contribution in [3.63, 3.8) is 0 Å². The van der Waals surface area contributed by atoms with Gasteiger partial charge in [0.15, 0.2) is 6.61 Å². The number of nitro benzene ring substituents is 1. The summed E-state index contributed by atoms with van der Waals surface area (Å²) in [6.45, 7) is 1.72. The zero-order valence-corrected chi connectivity index (χ0v) is 12.4. The van der Waals surface area contributed by atoms with Crippen molar-refractivity contribution in [2.24, 2.45) is 0 Å². The quantitative estimate of drug-likeness (QED) is 0.443. The van der Waals surface area contributed by atoms with Gasteiger partial charge in [0, 0.05) is 34.3 Å². The van der Waals surface area contributed by atoms with Crippen LogP contribution in [0.3, 0.4) is 0 Å². The van der Waals surface area contributed by atoms with E-state index in [1.54, 1.807) is 0 Å². The van der Waals surface area contributed by atoms with Crippen LogP contribution in [0.5, 0.6) is 5.75 Å². The average molecular weight is 310 g/mol. The van der Waals surface area contributed by atoms with Crippen molar-refractivity contribution in [3.05, 3.63) is 69.9 Å². The number of aryl methyl sites for hydroxylation is 1. The molecular weight excluding hydrogens is 296 g/mol. The van der Waals surface area contributed by atoms with E-state index in [9.17, 15) is 14.9 Å². The minimum Gasteiger partial charge on any atom is -0.485 e. The number of nitrogens with one attached hydrogen (secondary N) is 1. The Morgan fingerprint density at radius 3 is 2.57 bits per heavy atom. The van der Waals surface area contributed by atoms with Gasteiger partial charge in [0.2, 0.25) is 5.78 Å². The highest BCUT2D eigenvalue weighted by molar-refractivity contribution is 6.09. The fraction of sp³-hybridized carbons (Fsp3) is 0.118. The zero-order valence-electron chi connectivity index (χ0n) is 12.4. The number of carbonyl (C=O) groups is 1. The second kappa shape index (κ2) is 5.92. The third-order valence-corrected chi connectivity index (χ3v) is 3.59. The SMILES string of the molecule is Cc1[nH]c2ccccc2c1C(=O)COc1ccc([N+](=O)[O-])cc1. The molecule has 0 radical (unpaired) electrons. The molecule has 1 aromatic heterocycles. The molecule has 3 rings (SSSR count). The number of rotatable bonds is 5. The molecule has 0 saturated carbocycles. The lowest BCUT2D eigenvalue weighted by Crippen LogP contribution is -2.12. The fourth-order valence-electron chi connectivity index (χ4n) is 2.52. The normalized spacial score (nSPS) is 10.7. The maximum absolute atomic E-state index is 12.4. The molecule has 0 aliphatic carbocycles. The van der Waals surface area contributed by atoms with Gasteiger partial charge in [0.1, 0.15) is 5.75 Å². The highest BCUT2D eigenvalue weighted by Crippen LogP contribution is 2.23. The number of H-pyrrole nitrogens is 1. The summed E-state index contributed by atoms with van der Waals surface area (Å²) in [6, 6.07) is 13.2. The highest BCUT2D eigenvalue weighted by Gasteiger charge is 2.16. The van der Waals surface area contributed by atoms with Crippen LogP contribution in [0.2, 0.25) is 0 Å². The third kappa shape index (κ3) is 2.91. The minimum absolute atomic E-state index is 0.0175. The Balaban J connectivity index is 1.76. The molecule has 0 aliphatic heterocycles. The van der Waals surface area contributed by atoms with Crippen LogP contribution in [0.1, 0.15) is 16.1 Å². The molecule has 116 valence electrons. The van der Waals surface area contributed by atoms with Gasteiger partial charge in [-0.25, -0.2) is 0 Å². The van der Waals surface area contributed by atoms with Crippen molar-refractivity contribution in [3.8, 4) is 5.75 Å². The van der Waals surface area contributed by atoms with Gasteiger partial charge >= 0.3 is 0 Å². The first-order valence-electron chi connectivity index (χ1n) is 7.04. The predicted molar refractivity (Wildman–Crippen MR) is 86.0 cm³/mol. The molecule has 6 heteroatoms. The van der Waals surface area contributed by atoms with E-state index in [2.05, 4.69) is 4.98 Å². The number of hydrogen-bond donors (Lipinski definition) is 1. The van der Waals surface area contributed by atoms with Crippen LogP contribution in [0.25, 0.3) is 10.9 Å².